The van der Waals surface area contributed by atoms with E-state index >= 15 is 0 Å². The van der Waals surface area contributed by atoms with Crippen molar-refractivity contribution in [3.63, 3.8) is 0 Å². The lowest BCUT2D eigenvalue weighted by molar-refractivity contribution is -0.121. The fraction of sp³-hybridized carbons (Fsp3) is 0.646. The van der Waals surface area contributed by atoms with Gasteiger partial charge in [0, 0.05) is 84.3 Å². The Morgan fingerprint density at radius 3 is 1.52 bits per heavy atom. The number of piperazine rings is 2. The van der Waals surface area contributed by atoms with Gasteiger partial charge >= 0.3 is 24.4 Å². The number of hydrogen-bond acceptors (Lipinski definition) is 11. The van der Waals surface area contributed by atoms with E-state index in [0.29, 0.717) is 45.1 Å². The number of hydrogen-bond donors (Lipinski definition) is 1. The topological polar surface area (TPSA) is 150 Å². The zero-order chi connectivity index (χ0) is 45.3. The van der Waals surface area contributed by atoms with Crippen LogP contribution in [0.4, 0.5) is 19.2 Å². The van der Waals surface area contributed by atoms with Crippen LogP contribution in [0.15, 0.2) is 60.7 Å². The van der Waals surface area contributed by atoms with Gasteiger partial charge in [-0.1, -0.05) is 60.7 Å². The maximum absolute atomic E-state index is 12.7. The van der Waals surface area contributed by atoms with Crippen molar-refractivity contribution in [2.75, 3.05) is 65.4 Å². The summed E-state index contributed by atoms with van der Waals surface area (Å²) in [6, 6.07) is 19.8. The first kappa shape index (κ1) is 47.6. The van der Waals surface area contributed by atoms with Gasteiger partial charge in [-0.25, -0.2) is 19.2 Å². The molecule has 4 amide bonds. The first-order valence-corrected chi connectivity index (χ1v) is 22.8. The van der Waals surface area contributed by atoms with Gasteiger partial charge in [-0.15, -0.1) is 0 Å². The minimum atomic E-state index is -0.466. The number of nitrogens with one attached hydrogen (secondary N) is 1. The normalized spacial score (nSPS) is 20.7. The molecule has 346 valence electrons. The summed E-state index contributed by atoms with van der Waals surface area (Å²) in [5.41, 5.74) is 1.15. The summed E-state index contributed by atoms with van der Waals surface area (Å²) in [5.74, 6) is 0.220. The van der Waals surface area contributed by atoms with Crippen molar-refractivity contribution in [2.45, 2.75) is 134 Å². The van der Waals surface area contributed by atoms with E-state index in [1.165, 1.54) is 0 Å². The summed E-state index contributed by atoms with van der Waals surface area (Å²) in [4.78, 5) is 69.6. The lowest BCUT2D eigenvalue weighted by Gasteiger charge is -2.46. The molecule has 6 fully saturated rings. The number of rotatable bonds is 5. The van der Waals surface area contributed by atoms with E-state index in [9.17, 15) is 24.0 Å². The zero-order valence-electron chi connectivity index (χ0n) is 38.4. The van der Waals surface area contributed by atoms with E-state index in [1.807, 2.05) is 117 Å². The van der Waals surface area contributed by atoms with Gasteiger partial charge in [0.2, 0.25) is 0 Å². The van der Waals surface area contributed by atoms with E-state index in [4.69, 9.17) is 18.9 Å². The highest BCUT2D eigenvalue weighted by atomic mass is 16.6. The predicted molar refractivity (Wildman–Crippen MR) is 238 cm³/mol. The molecule has 1 N–H and O–H groups in total. The number of carbonyl (C=O) groups is 5. The molecule has 8 rings (SSSR count). The van der Waals surface area contributed by atoms with E-state index in [0.717, 1.165) is 95.5 Å². The van der Waals surface area contributed by atoms with Crippen LogP contribution in [0.2, 0.25) is 0 Å². The van der Waals surface area contributed by atoms with Crippen LogP contribution in [0.5, 0.6) is 0 Å². The average Bonchev–Trinajstić information content (AvgIpc) is 4.20. The Kier molecular flexibility index (Phi) is 15.7. The van der Waals surface area contributed by atoms with Crippen LogP contribution < -0.4 is 5.32 Å². The average molecular weight is 875 g/mol. The van der Waals surface area contributed by atoms with Crippen LogP contribution in [-0.4, -0.2) is 148 Å². The summed E-state index contributed by atoms with van der Waals surface area (Å²) in [6.07, 6.45) is 6.21. The van der Waals surface area contributed by atoms with Crippen molar-refractivity contribution in [1.29, 1.82) is 0 Å². The largest absolute Gasteiger partial charge is 0.445 e. The second kappa shape index (κ2) is 20.7. The SMILES string of the molecule is CC(C)(C)OC(=O)N1CCN(C2CCN(C(=O)OCc3ccccc3)CC2)CC12CC2.CC(C)(C)OC(=O)N1CCNCC12CC2.O=C1CCN(C(=O)OCc2ccccc2)CC1. The Bertz CT molecular complexity index is 1840. The van der Waals surface area contributed by atoms with Crippen molar-refractivity contribution in [2.24, 2.45) is 0 Å². The number of amides is 4. The molecular formula is C48H70N6O9. The fourth-order valence-electron chi connectivity index (χ4n) is 8.50. The van der Waals surface area contributed by atoms with Gasteiger partial charge < -0.3 is 34.1 Å². The number of nitrogens with zero attached hydrogens (tertiary/aromatic N) is 5. The summed E-state index contributed by atoms with van der Waals surface area (Å²) in [6.45, 7) is 19.5. The van der Waals surface area contributed by atoms with Crippen molar-refractivity contribution < 1.29 is 42.9 Å². The molecule has 4 aliphatic heterocycles. The number of likely N-dealkylation sites (tertiary alicyclic amines) is 2. The quantitative estimate of drug-likeness (QED) is 0.304. The molecule has 4 saturated heterocycles. The van der Waals surface area contributed by atoms with Crippen molar-refractivity contribution in [1.82, 2.24) is 29.8 Å². The summed E-state index contributed by atoms with van der Waals surface area (Å²) in [5, 5.41) is 3.34. The van der Waals surface area contributed by atoms with Gasteiger partial charge in [0.25, 0.3) is 0 Å². The van der Waals surface area contributed by atoms with Crippen LogP contribution in [0.25, 0.3) is 0 Å². The molecule has 0 radical (unpaired) electrons. The minimum absolute atomic E-state index is 0.0493. The Hall–Kier alpha value is -4.89. The Labute approximate surface area is 373 Å². The number of piperidine rings is 2. The summed E-state index contributed by atoms with van der Waals surface area (Å²) < 4.78 is 21.7. The molecule has 0 bridgehead atoms. The van der Waals surface area contributed by atoms with E-state index < -0.39 is 11.2 Å². The molecule has 2 saturated carbocycles. The molecule has 0 atom stereocenters. The first-order chi connectivity index (χ1) is 29.9. The highest BCUT2D eigenvalue weighted by Gasteiger charge is 2.55. The Morgan fingerprint density at radius 2 is 1.06 bits per heavy atom. The molecule has 15 heteroatoms. The van der Waals surface area contributed by atoms with Gasteiger partial charge in [0.15, 0.2) is 0 Å². The van der Waals surface area contributed by atoms with Gasteiger partial charge in [0.1, 0.15) is 30.2 Å². The van der Waals surface area contributed by atoms with Gasteiger partial charge in [-0.05, 0) is 91.2 Å². The number of ether oxygens (including phenoxy) is 4. The monoisotopic (exact) mass is 875 g/mol. The predicted octanol–water partition coefficient (Wildman–Crippen LogP) is 7.22. The van der Waals surface area contributed by atoms with Gasteiger partial charge in [-0.3, -0.25) is 19.5 Å². The molecular weight excluding hydrogens is 805 g/mol. The lowest BCUT2D eigenvalue weighted by atomic mass is 10.00. The zero-order valence-corrected chi connectivity index (χ0v) is 38.4. The number of carbonyl (C=O) groups excluding carboxylic acids is 5. The third-order valence-electron chi connectivity index (χ3n) is 12.3. The molecule has 2 spiro atoms. The van der Waals surface area contributed by atoms with Gasteiger partial charge in [0.05, 0.1) is 11.1 Å². The first-order valence-electron chi connectivity index (χ1n) is 22.8. The molecule has 2 aromatic carbocycles. The van der Waals surface area contributed by atoms with Crippen LogP contribution in [0, 0.1) is 0 Å². The van der Waals surface area contributed by atoms with Crippen LogP contribution in [0.1, 0.15) is 104 Å². The second-order valence-corrected chi connectivity index (χ2v) is 19.7. The Morgan fingerprint density at radius 1 is 0.603 bits per heavy atom. The molecule has 4 heterocycles. The molecule has 6 aliphatic rings. The fourth-order valence-corrected chi connectivity index (χ4v) is 8.50. The summed E-state index contributed by atoms with van der Waals surface area (Å²) >= 11 is 0. The van der Waals surface area contributed by atoms with Crippen LogP contribution >= 0.6 is 0 Å². The van der Waals surface area contributed by atoms with E-state index in [1.54, 1.807) is 4.90 Å². The smallest absolute Gasteiger partial charge is 0.410 e. The molecule has 15 nitrogen and oxygen atoms in total. The molecule has 0 aromatic heterocycles. The van der Waals surface area contributed by atoms with Crippen molar-refractivity contribution in [3.8, 4) is 0 Å². The number of Topliss-reactive ketones (excluding diaryl/α,β-unsaturated/α-hetero) is 1. The standard InChI is InChI=1S/C24H35N3O4.C13H15NO3.C11H20N2O2/c1-23(2,3)31-22(29)27-16-15-26(18-24(27)11-12-24)20-9-13-25(14-10-20)21(28)30-17-19-7-5-4-6-8-19;15-12-6-8-14(9-7-12)13(16)17-10-11-4-2-1-3-5-11;1-10(2,3)15-9(14)13-7-6-12-8-11(13)4-5-11/h4-8,20H,9-18H2,1-3H3;1-5H,6-10H2;12H,4-8H2,1-3H3. The van der Waals surface area contributed by atoms with Crippen molar-refractivity contribution >= 4 is 30.2 Å². The van der Waals surface area contributed by atoms with Crippen LogP contribution in [-0.2, 0) is 37.0 Å². The summed E-state index contributed by atoms with van der Waals surface area (Å²) in [7, 11) is 0. The molecule has 2 aliphatic carbocycles. The lowest BCUT2D eigenvalue weighted by Crippen LogP contribution is -2.61. The van der Waals surface area contributed by atoms with E-state index in [-0.39, 0.29) is 47.8 Å². The van der Waals surface area contributed by atoms with Crippen LogP contribution in [0.3, 0.4) is 0 Å². The maximum Gasteiger partial charge on any atom is 0.410 e. The Balaban J connectivity index is 0.000000174. The van der Waals surface area contributed by atoms with Gasteiger partial charge in [-0.2, -0.15) is 0 Å². The molecule has 63 heavy (non-hydrogen) atoms. The highest BCUT2D eigenvalue weighted by Crippen LogP contribution is 2.46. The second-order valence-electron chi connectivity index (χ2n) is 19.7. The molecule has 2 aromatic rings. The number of ketones is 1. The maximum atomic E-state index is 12.7. The van der Waals surface area contributed by atoms with E-state index in [2.05, 4.69) is 10.2 Å². The molecule has 0 unspecified atom stereocenters. The third-order valence-corrected chi connectivity index (χ3v) is 12.3. The minimum Gasteiger partial charge on any atom is -0.445 e. The highest BCUT2D eigenvalue weighted by molar-refractivity contribution is 5.81. The third kappa shape index (κ3) is 14.0. The van der Waals surface area contributed by atoms with Crippen molar-refractivity contribution in [3.05, 3.63) is 71.8 Å². The number of benzene rings is 2.